The van der Waals surface area contributed by atoms with Crippen molar-refractivity contribution in [1.29, 1.82) is 0 Å². The lowest BCUT2D eigenvalue weighted by atomic mass is 10.1. The summed E-state index contributed by atoms with van der Waals surface area (Å²) in [6.45, 7) is 3.98. The van der Waals surface area contributed by atoms with E-state index in [0.717, 1.165) is 42.0 Å². The lowest BCUT2D eigenvalue weighted by molar-refractivity contribution is 0.262. The number of amides is 2. The van der Waals surface area contributed by atoms with E-state index in [0.29, 0.717) is 11.4 Å². The molecule has 4 rings (SSSR count). The Morgan fingerprint density at radius 1 is 0.875 bits per heavy atom. The van der Waals surface area contributed by atoms with Gasteiger partial charge in [0.05, 0.1) is 7.11 Å². The Morgan fingerprint density at radius 3 is 2.09 bits per heavy atom. The van der Waals surface area contributed by atoms with Crippen molar-refractivity contribution in [2.24, 2.45) is 0 Å². The van der Waals surface area contributed by atoms with Gasteiger partial charge in [-0.15, -0.1) is 0 Å². The van der Waals surface area contributed by atoms with E-state index in [2.05, 4.69) is 30.8 Å². The minimum absolute atomic E-state index is 0.312. The number of carbonyl (C=O) groups excluding carboxylic acids is 1. The molecule has 32 heavy (non-hydrogen) atoms. The summed E-state index contributed by atoms with van der Waals surface area (Å²) in [5, 5.41) is 8.96. The number of benzene rings is 2. The number of methoxy groups -OCH3 is 1. The number of rotatable bonds is 6. The van der Waals surface area contributed by atoms with Gasteiger partial charge in [0.2, 0.25) is 0 Å². The van der Waals surface area contributed by atoms with E-state index < -0.39 is 0 Å². The molecule has 0 bridgehead atoms. The Labute approximate surface area is 188 Å². The Kier molecular flexibility index (Phi) is 6.69. The van der Waals surface area contributed by atoms with Crippen molar-refractivity contribution in [3.05, 3.63) is 60.4 Å². The number of aryl methyl sites for hydroxylation is 1. The number of aromatic nitrogens is 2. The summed E-state index contributed by atoms with van der Waals surface area (Å²) in [6, 6.07) is 16.3. The second-order valence-corrected chi connectivity index (χ2v) is 7.72. The highest BCUT2D eigenvalue weighted by Gasteiger charge is 2.14. The number of nitrogens with zero attached hydrogens (tertiary/aromatic N) is 3. The molecule has 166 valence electrons. The number of nitrogens with one attached hydrogen (secondary N) is 3. The highest BCUT2D eigenvalue weighted by atomic mass is 16.5. The third-order valence-electron chi connectivity index (χ3n) is 5.27. The molecule has 0 saturated carbocycles. The summed E-state index contributed by atoms with van der Waals surface area (Å²) in [7, 11) is 1.60. The zero-order valence-electron chi connectivity index (χ0n) is 18.4. The summed E-state index contributed by atoms with van der Waals surface area (Å²) in [5.74, 6) is 3.20. The molecule has 8 nitrogen and oxygen atoms in total. The van der Waals surface area contributed by atoms with Crippen LogP contribution in [0.3, 0.4) is 0 Å². The van der Waals surface area contributed by atoms with Gasteiger partial charge in [-0.05, 0) is 74.7 Å². The van der Waals surface area contributed by atoms with E-state index >= 15 is 0 Å². The molecule has 1 aliphatic rings. The fourth-order valence-electron chi connectivity index (χ4n) is 3.65. The van der Waals surface area contributed by atoms with E-state index in [1.807, 2.05) is 37.3 Å². The predicted octanol–water partition coefficient (Wildman–Crippen LogP) is 5.17. The monoisotopic (exact) mass is 432 g/mol. The van der Waals surface area contributed by atoms with Gasteiger partial charge in [0.1, 0.15) is 23.2 Å². The standard InChI is InChI=1S/C24H28N6O2/c1-17-25-22(16-23(26-17)30-14-4-3-5-15-30)27-18-6-8-19(9-7-18)28-24(31)29-20-10-12-21(32-2)13-11-20/h6-13,16H,3-5,14-15H2,1-2H3,(H,25,26,27)(H2,28,29,31). The van der Waals surface area contributed by atoms with Gasteiger partial charge in [0.15, 0.2) is 0 Å². The molecule has 0 radical (unpaired) electrons. The third kappa shape index (κ3) is 5.66. The minimum atomic E-state index is -0.312. The van der Waals surface area contributed by atoms with Gasteiger partial charge in [-0.3, -0.25) is 0 Å². The lowest BCUT2D eigenvalue weighted by Crippen LogP contribution is -2.30. The number of carbonyl (C=O) groups is 1. The van der Waals surface area contributed by atoms with Crippen molar-refractivity contribution in [1.82, 2.24) is 9.97 Å². The number of ether oxygens (including phenoxy) is 1. The summed E-state index contributed by atoms with van der Waals surface area (Å²) in [4.78, 5) is 23.7. The van der Waals surface area contributed by atoms with Gasteiger partial charge >= 0.3 is 6.03 Å². The summed E-state index contributed by atoms with van der Waals surface area (Å²) in [6.07, 6.45) is 3.68. The topological polar surface area (TPSA) is 91.4 Å². The SMILES string of the molecule is COc1ccc(NC(=O)Nc2ccc(Nc3cc(N4CCCCC4)nc(C)n3)cc2)cc1. The van der Waals surface area contributed by atoms with Crippen LogP contribution in [0.5, 0.6) is 5.75 Å². The van der Waals surface area contributed by atoms with E-state index in [9.17, 15) is 4.79 Å². The van der Waals surface area contributed by atoms with Crippen molar-refractivity contribution in [3.63, 3.8) is 0 Å². The number of piperidine rings is 1. The van der Waals surface area contributed by atoms with E-state index in [-0.39, 0.29) is 6.03 Å². The molecule has 0 unspecified atom stereocenters. The average molecular weight is 433 g/mol. The van der Waals surface area contributed by atoms with Crippen LogP contribution in [0.25, 0.3) is 0 Å². The van der Waals surface area contributed by atoms with Crippen LogP contribution in [0.4, 0.5) is 33.5 Å². The van der Waals surface area contributed by atoms with Gasteiger partial charge in [0.25, 0.3) is 0 Å². The van der Waals surface area contributed by atoms with Crippen LogP contribution in [0.2, 0.25) is 0 Å². The van der Waals surface area contributed by atoms with E-state index in [1.165, 1.54) is 19.3 Å². The summed E-state index contributed by atoms with van der Waals surface area (Å²) < 4.78 is 5.12. The van der Waals surface area contributed by atoms with Crippen LogP contribution in [-0.4, -0.2) is 36.2 Å². The van der Waals surface area contributed by atoms with Gasteiger partial charge in [-0.2, -0.15) is 0 Å². The molecule has 1 saturated heterocycles. The van der Waals surface area contributed by atoms with Crippen molar-refractivity contribution in [3.8, 4) is 5.75 Å². The Morgan fingerprint density at radius 2 is 1.47 bits per heavy atom. The quantitative estimate of drug-likeness (QED) is 0.498. The third-order valence-corrected chi connectivity index (χ3v) is 5.27. The lowest BCUT2D eigenvalue weighted by Gasteiger charge is -2.28. The number of hydrogen-bond acceptors (Lipinski definition) is 6. The van der Waals surface area contributed by atoms with Crippen molar-refractivity contribution in [2.45, 2.75) is 26.2 Å². The number of hydrogen-bond donors (Lipinski definition) is 3. The summed E-state index contributed by atoms with van der Waals surface area (Å²) >= 11 is 0. The first kappa shape index (κ1) is 21.4. The zero-order chi connectivity index (χ0) is 22.3. The largest absolute Gasteiger partial charge is 0.497 e. The van der Waals surface area contributed by atoms with Gasteiger partial charge in [-0.25, -0.2) is 14.8 Å². The maximum atomic E-state index is 12.2. The van der Waals surface area contributed by atoms with E-state index in [4.69, 9.17) is 4.74 Å². The molecule has 1 aliphatic heterocycles. The maximum Gasteiger partial charge on any atom is 0.323 e. The summed E-state index contributed by atoms with van der Waals surface area (Å²) in [5.41, 5.74) is 2.26. The van der Waals surface area contributed by atoms with Crippen LogP contribution >= 0.6 is 0 Å². The Hall–Kier alpha value is -3.81. The molecule has 0 atom stereocenters. The molecule has 3 aromatic rings. The fourth-order valence-corrected chi connectivity index (χ4v) is 3.65. The van der Waals surface area contributed by atoms with Gasteiger partial charge in [0, 0.05) is 36.2 Å². The number of anilines is 5. The molecule has 3 N–H and O–H groups in total. The fraction of sp³-hybridized carbons (Fsp3) is 0.292. The first-order valence-electron chi connectivity index (χ1n) is 10.8. The smallest absolute Gasteiger partial charge is 0.323 e. The Balaban J connectivity index is 1.36. The molecule has 2 heterocycles. The van der Waals surface area contributed by atoms with Crippen LogP contribution in [0.1, 0.15) is 25.1 Å². The molecule has 2 amide bonds. The van der Waals surface area contributed by atoms with Crippen LogP contribution in [-0.2, 0) is 0 Å². The zero-order valence-corrected chi connectivity index (χ0v) is 18.4. The molecule has 0 spiro atoms. The van der Waals surface area contributed by atoms with Gasteiger partial charge in [-0.1, -0.05) is 0 Å². The molecule has 0 aliphatic carbocycles. The second kappa shape index (κ2) is 10.00. The predicted molar refractivity (Wildman–Crippen MR) is 128 cm³/mol. The van der Waals surface area contributed by atoms with Gasteiger partial charge < -0.3 is 25.6 Å². The van der Waals surface area contributed by atoms with Crippen molar-refractivity contribution in [2.75, 3.05) is 41.0 Å². The van der Waals surface area contributed by atoms with Crippen LogP contribution in [0, 0.1) is 6.92 Å². The Bertz CT molecular complexity index is 1050. The maximum absolute atomic E-state index is 12.2. The highest BCUT2D eigenvalue weighted by molar-refractivity contribution is 5.99. The van der Waals surface area contributed by atoms with Crippen molar-refractivity contribution < 1.29 is 9.53 Å². The number of urea groups is 1. The molecular weight excluding hydrogens is 404 g/mol. The van der Waals surface area contributed by atoms with Crippen LogP contribution in [0.15, 0.2) is 54.6 Å². The minimum Gasteiger partial charge on any atom is -0.497 e. The normalized spacial score (nSPS) is 13.4. The molecule has 2 aromatic carbocycles. The van der Waals surface area contributed by atoms with Crippen molar-refractivity contribution >= 4 is 34.7 Å². The average Bonchev–Trinajstić information content (AvgIpc) is 2.81. The molecule has 1 fully saturated rings. The highest BCUT2D eigenvalue weighted by Crippen LogP contribution is 2.23. The molecule has 8 heteroatoms. The van der Waals surface area contributed by atoms with E-state index in [1.54, 1.807) is 31.4 Å². The molecular formula is C24H28N6O2. The first-order chi connectivity index (χ1) is 15.6. The first-order valence-corrected chi connectivity index (χ1v) is 10.8. The molecule has 1 aromatic heterocycles. The van der Waals surface area contributed by atoms with Crippen LogP contribution < -0.4 is 25.6 Å². The second-order valence-electron chi connectivity index (χ2n) is 7.72.